The number of amides is 3. The molecule has 32 heavy (non-hydrogen) atoms. The molecule has 4 rings (SSSR count). The zero-order valence-corrected chi connectivity index (χ0v) is 17.7. The van der Waals surface area contributed by atoms with Crippen molar-refractivity contribution in [3.8, 4) is 11.5 Å². The van der Waals surface area contributed by atoms with E-state index in [0.717, 1.165) is 16.0 Å². The summed E-state index contributed by atoms with van der Waals surface area (Å²) in [4.78, 5) is 39.3. The van der Waals surface area contributed by atoms with Crippen LogP contribution in [0.1, 0.15) is 0 Å². The van der Waals surface area contributed by atoms with Gasteiger partial charge in [-0.3, -0.25) is 19.4 Å². The maximum absolute atomic E-state index is 13.3. The number of rotatable bonds is 6. The van der Waals surface area contributed by atoms with E-state index in [0.29, 0.717) is 11.5 Å². The Morgan fingerprint density at radius 1 is 1.12 bits per heavy atom. The summed E-state index contributed by atoms with van der Waals surface area (Å²) in [5.74, 6) is -1.52. The van der Waals surface area contributed by atoms with Crippen LogP contribution in [0.25, 0.3) is 0 Å². The van der Waals surface area contributed by atoms with Gasteiger partial charge in [0.1, 0.15) is 12.4 Å². The SMILES string of the molecule is COc1ccc(N2C(=O)[C@@H]3N=NN(CC(=O)Nc4ccc(F)c(Cl)c4)[C@H]3C2=O)cc1OC. The number of hydrogen-bond acceptors (Lipinski definition) is 8. The molecule has 2 aliphatic rings. The number of fused-ring (bicyclic) bond motifs is 1. The molecule has 0 radical (unpaired) electrons. The maximum atomic E-state index is 13.3. The first kappa shape index (κ1) is 21.5. The molecule has 3 amide bonds. The fourth-order valence-electron chi connectivity index (χ4n) is 3.49. The number of benzene rings is 2. The molecule has 2 heterocycles. The van der Waals surface area contributed by atoms with E-state index in [1.807, 2.05) is 0 Å². The summed E-state index contributed by atoms with van der Waals surface area (Å²) in [6, 6.07) is 6.21. The second-order valence-corrected chi connectivity index (χ2v) is 7.33. The number of hydrogen-bond donors (Lipinski definition) is 1. The summed E-state index contributed by atoms with van der Waals surface area (Å²) in [7, 11) is 2.91. The van der Waals surface area contributed by atoms with Gasteiger partial charge in [-0.1, -0.05) is 16.8 Å². The van der Waals surface area contributed by atoms with Crippen LogP contribution in [0.2, 0.25) is 5.02 Å². The van der Waals surface area contributed by atoms with Crippen molar-refractivity contribution in [3.05, 3.63) is 47.2 Å². The van der Waals surface area contributed by atoms with Gasteiger partial charge in [0.2, 0.25) is 5.91 Å². The molecule has 0 saturated carbocycles. The van der Waals surface area contributed by atoms with Gasteiger partial charge < -0.3 is 14.8 Å². The molecule has 0 spiro atoms. The maximum Gasteiger partial charge on any atom is 0.263 e. The predicted molar refractivity (Wildman–Crippen MR) is 111 cm³/mol. The molecule has 2 atom stereocenters. The summed E-state index contributed by atoms with van der Waals surface area (Å²) < 4.78 is 23.7. The van der Waals surface area contributed by atoms with Crippen LogP contribution >= 0.6 is 11.6 Å². The lowest BCUT2D eigenvalue weighted by Gasteiger charge is -2.20. The van der Waals surface area contributed by atoms with E-state index in [1.165, 1.54) is 32.4 Å². The molecule has 2 aromatic carbocycles. The predicted octanol–water partition coefficient (Wildman–Crippen LogP) is 2.43. The third kappa shape index (κ3) is 3.71. The van der Waals surface area contributed by atoms with Crippen LogP contribution in [-0.2, 0) is 14.4 Å². The number of nitrogens with zero attached hydrogens (tertiary/aromatic N) is 4. The fourth-order valence-corrected chi connectivity index (χ4v) is 3.67. The van der Waals surface area contributed by atoms with Gasteiger partial charge >= 0.3 is 0 Å². The molecule has 0 bridgehead atoms. The third-order valence-electron chi connectivity index (χ3n) is 4.99. The Kier molecular flexibility index (Phi) is 5.66. The van der Waals surface area contributed by atoms with E-state index < -0.39 is 35.6 Å². The smallest absolute Gasteiger partial charge is 0.263 e. The molecule has 12 heteroatoms. The van der Waals surface area contributed by atoms with Crippen LogP contribution in [0.15, 0.2) is 46.7 Å². The molecule has 10 nitrogen and oxygen atoms in total. The van der Waals surface area contributed by atoms with E-state index in [4.69, 9.17) is 21.1 Å². The van der Waals surface area contributed by atoms with Crippen LogP contribution in [0.5, 0.6) is 11.5 Å². The number of methoxy groups -OCH3 is 2. The van der Waals surface area contributed by atoms with E-state index in [1.54, 1.807) is 12.1 Å². The third-order valence-corrected chi connectivity index (χ3v) is 5.28. The Hall–Kier alpha value is -3.73. The first-order valence-electron chi connectivity index (χ1n) is 9.36. The minimum Gasteiger partial charge on any atom is -0.493 e. The number of halogens is 2. The molecular weight excluding hydrogens is 445 g/mol. The van der Waals surface area contributed by atoms with Crippen LogP contribution in [0.4, 0.5) is 15.8 Å². The zero-order chi connectivity index (χ0) is 23.0. The fraction of sp³-hybridized carbons (Fsp3) is 0.250. The van der Waals surface area contributed by atoms with Crippen LogP contribution in [0.3, 0.4) is 0 Å². The number of imide groups is 1. The molecule has 166 valence electrons. The van der Waals surface area contributed by atoms with Crippen molar-refractivity contribution in [2.24, 2.45) is 10.3 Å². The molecule has 1 N–H and O–H groups in total. The van der Waals surface area contributed by atoms with Crippen LogP contribution in [0, 0.1) is 5.82 Å². The van der Waals surface area contributed by atoms with E-state index in [9.17, 15) is 18.8 Å². The minimum atomic E-state index is -1.07. The van der Waals surface area contributed by atoms with Gasteiger partial charge in [-0.2, -0.15) is 5.11 Å². The van der Waals surface area contributed by atoms with Crippen molar-refractivity contribution in [3.63, 3.8) is 0 Å². The van der Waals surface area contributed by atoms with Gasteiger partial charge in [0.25, 0.3) is 11.8 Å². The highest BCUT2D eigenvalue weighted by molar-refractivity contribution is 6.31. The number of anilines is 2. The lowest BCUT2D eigenvalue weighted by atomic mass is 10.1. The Balaban J connectivity index is 1.50. The second-order valence-electron chi connectivity index (χ2n) is 6.92. The molecule has 2 aliphatic heterocycles. The monoisotopic (exact) mass is 461 g/mol. The summed E-state index contributed by atoms with van der Waals surface area (Å²) in [6.07, 6.45) is 0. The lowest BCUT2D eigenvalue weighted by molar-refractivity contribution is -0.123. The van der Waals surface area contributed by atoms with Gasteiger partial charge in [-0.25, -0.2) is 9.29 Å². The quantitative estimate of drug-likeness (QED) is 0.661. The number of ether oxygens (including phenoxy) is 2. The second kappa shape index (κ2) is 8.42. The lowest BCUT2D eigenvalue weighted by Crippen LogP contribution is -2.43. The summed E-state index contributed by atoms with van der Waals surface area (Å²) in [5.41, 5.74) is 0.558. The van der Waals surface area contributed by atoms with Crippen molar-refractivity contribution in [1.29, 1.82) is 0 Å². The van der Waals surface area contributed by atoms with E-state index in [-0.39, 0.29) is 22.9 Å². The highest BCUT2D eigenvalue weighted by atomic mass is 35.5. The largest absolute Gasteiger partial charge is 0.493 e. The van der Waals surface area contributed by atoms with Gasteiger partial charge in [-0.05, 0) is 30.3 Å². The Morgan fingerprint density at radius 3 is 2.56 bits per heavy atom. The molecule has 0 aromatic heterocycles. The van der Waals surface area contributed by atoms with Crippen LogP contribution < -0.4 is 19.7 Å². The van der Waals surface area contributed by atoms with Gasteiger partial charge in [0.05, 0.1) is 24.9 Å². The Bertz CT molecular complexity index is 1140. The molecule has 0 aliphatic carbocycles. The average molecular weight is 462 g/mol. The molecule has 1 saturated heterocycles. The first-order chi connectivity index (χ1) is 15.3. The Morgan fingerprint density at radius 2 is 1.88 bits per heavy atom. The van der Waals surface area contributed by atoms with Crippen molar-refractivity contribution >= 4 is 40.7 Å². The van der Waals surface area contributed by atoms with Crippen molar-refractivity contribution < 1.29 is 28.2 Å². The summed E-state index contributed by atoms with van der Waals surface area (Å²) in [6.45, 7) is -0.349. The van der Waals surface area contributed by atoms with Crippen molar-refractivity contribution in [1.82, 2.24) is 5.01 Å². The van der Waals surface area contributed by atoms with E-state index in [2.05, 4.69) is 15.7 Å². The number of carbonyl (C=O) groups is 3. The first-order valence-corrected chi connectivity index (χ1v) is 9.74. The molecule has 0 unspecified atom stereocenters. The normalized spacial score (nSPS) is 19.4. The minimum absolute atomic E-state index is 0.147. The highest BCUT2D eigenvalue weighted by Gasteiger charge is 2.55. The number of nitrogens with one attached hydrogen (secondary N) is 1. The topological polar surface area (TPSA) is 113 Å². The molecular formula is C20H17ClFN5O5. The van der Waals surface area contributed by atoms with Gasteiger partial charge in [0.15, 0.2) is 23.6 Å². The Labute approximate surface area is 186 Å². The van der Waals surface area contributed by atoms with Crippen molar-refractivity contribution in [2.75, 3.05) is 31.0 Å². The van der Waals surface area contributed by atoms with E-state index >= 15 is 0 Å². The van der Waals surface area contributed by atoms with Gasteiger partial charge in [0, 0.05) is 11.8 Å². The van der Waals surface area contributed by atoms with Gasteiger partial charge in [-0.15, -0.1) is 0 Å². The summed E-state index contributed by atoms with van der Waals surface area (Å²) in [5, 5.41) is 11.2. The van der Waals surface area contributed by atoms with Crippen molar-refractivity contribution in [2.45, 2.75) is 12.1 Å². The summed E-state index contributed by atoms with van der Waals surface area (Å²) >= 11 is 5.72. The standard InChI is InChI=1S/C20H17ClFN5O5/c1-31-14-6-4-11(8-15(14)32-2)27-19(29)17-18(20(27)30)26(25-24-17)9-16(28)23-10-3-5-13(22)12(21)7-10/h3-8,17-18H,9H2,1-2H3,(H,23,28)/t17-,18-/m1/s1. The molecule has 1 fully saturated rings. The average Bonchev–Trinajstić information content (AvgIpc) is 3.29. The van der Waals surface area contributed by atoms with Crippen LogP contribution in [-0.4, -0.2) is 55.6 Å². The number of carbonyl (C=O) groups excluding carboxylic acids is 3. The molecule has 2 aromatic rings. The zero-order valence-electron chi connectivity index (χ0n) is 16.9. The highest BCUT2D eigenvalue weighted by Crippen LogP contribution is 2.36.